The van der Waals surface area contributed by atoms with E-state index in [1.165, 1.54) is 36.4 Å². The quantitative estimate of drug-likeness (QED) is 0.496. The lowest BCUT2D eigenvalue weighted by molar-refractivity contribution is 0.0705. The van der Waals surface area contributed by atoms with Crippen LogP contribution in [0.1, 0.15) is 26.3 Å². The van der Waals surface area contributed by atoms with Crippen LogP contribution in [0.25, 0.3) is 10.8 Å². The molecule has 150 valence electrons. The number of carbonyl (C=O) groups is 2. The first-order valence-electron chi connectivity index (χ1n) is 9.04. The molecule has 0 saturated carbocycles. The minimum Gasteiger partial charge on any atom is -0.305 e. The molecular weight excluding hydrogens is 370 g/mol. The van der Waals surface area contributed by atoms with Crippen LogP contribution < -0.4 is 10.5 Å². The second-order valence-corrected chi connectivity index (χ2v) is 6.86. The highest BCUT2D eigenvalue weighted by Crippen LogP contribution is 2.28. The minimum absolute atomic E-state index is 0.243. The van der Waals surface area contributed by atoms with E-state index in [-0.39, 0.29) is 11.5 Å². The van der Waals surface area contributed by atoms with Gasteiger partial charge in [-0.05, 0) is 66.8 Å². The van der Waals surface area contributed by atoms with Crippen molar-refractivity contribution in [2.75, 3.05) is 26.3 Å². The molecule has 0 bridgehead atoms. The lowest BCUT2D eigenvalue weighted by Gasteiger charge is -2.22. The minimum atomic E-state index is -0.643. The van der Waals surface area contributed by atoms with E-state index in [2.05, 4.69) is 11.0 Å². The molecule has 0 spiro atoms. The fourth-order valence-electron chi connectivity index (χ4n) is 3.21. The summed E-state index contributed by atoms with van der Waals surface area (Å²) in [5.74, 6) is -1.01. The van der Waals surface area contributed by atoms with Crippen molar-refractivity contribution < 1.29 is 19.6 Å². The molecule has 2 N–H and O–H groups in total. The number of rotatable bonds is 6. The van der Waals surface area contributed by atoms with Crippen molar-refractivity contribution in [1.82, 2.24) is 10.4 Å². The van der Waals surface area contributed by atoms with Gasteiger partial charge in [0.25, 0.3) is 11.8 Å². The zero-order valence-electron chi connectivity index (χ0n) is 16.5. The summed E-state index contributed by atoms with van der Waals surface area (Å²) in [7, 11) is 5.42. The Morgan fingerprint density at radius 1 is 1.00 bits per heavy atom. The Kier molecular flexibility index (Phi) is 6.23. The van der Waals surface area contributed by atoms with Crippen molar-refractivity contribution in [3.8, 4) is 0 Å². The normalized spacial score (nSPS) is 10.9. The zero-order chi connectivity index (χ0) is 21.0. The van der Waals surface area contributed by atoms with Crippen LogP contribution in [0.3, 0.4) is 0 Å². The zero-order valence-corrected chi connectivity index (χ0v) is 16.5. The molecule has 2 amide bonds. The maximum atomic E-state index is 13.0. The number of fused-ring (bicyclic) bond motifs is 1. The summed E-state index contributed by atoms with van der Waals surface area (Å²) in [6.45, 7) is 0.713. The summed E-state index contributed by atoms with van der Waals surface area (Å²) in [6, 6.07) is 17.8. The summed E-state index contributed by atoms with van der Waals surface area (Å²) in [6.07, 6.45) is 0. The highest BCUT2D eigenvalue weighted by Gasteiger charge is 2.20. The number of anilines is 1. The molecule has 0 saturated heterocycles. The average molecular weight is 393 g/mol. The highest BCUT2D eigenvalue weighted by atomic mass is 16.7. The molecule has 0 aromatic heterocycles. The molecular formula is C22H23N3O4. The maximum Gasteiger partial charge on any atom is 0.282 e. The van der Waals surface area contributed by atoms with Crippen molar-refractivity contribution in [3.63, 3.8) is 0 Å². The number of hydrogen-bond acceptors (Lipinski definition) is 5. The highest BCUT2D eigenvalue weighted by molar-refractivity contribution is 6.06. The summed E-state index contributed by atoms with van der Waals surface area (Å²) >= 11 is 0. The van der Waals surface area contributed by atoms with Crippen LogP contribution in [0, 0.1) is 0 Å². The smallest absolute Gasteiger partial charge is 0.282 e. The van der Waals surface area contributed by atoms with Gasteiger partial charge in [0.2, 0.25) is 0 Å². The van der Waals surface area contributed by atoms with Gasteiger partial charge in [-0.15, -0.1) is 0 Å². The molecule has 7 nitrogen and oxygen atoms in total. The van der Waals surface area contributed by atoms with Crippen LogP contribution in [-0.2, 0) is 11.4 Å². The number of nitrogens with zero attached hydrogens (tertiary/aromatic N) is 2. The molecule has 0 atom stereocenters. The Bertz CT molecular complexity index is 1030. The summed E-state index contributed by atoms with van der Waals surface area (Å²) in [5.41, 5.74) is 3.85. The van der Waals surface area contributed by atoms with E-state index in [9.17, 15) is 9.59 Å². The molecule has 0 heterocycles. The Labute approximate surface area is 169 Å². The fraction of sp³-hybridized carbons (Fsp3) is 0.182. The Hall–Kier alpha value is -3.26. The van der Waals surface area contributed by atoms with Gasteiger partial charge in [-0.1, -0.05) is 24.3 Å². The van der Waals surface area contributed by atoms with Crippen LogP contribution >= 0.6 is 0 Å². The molecule has 0 unspecified atom stereocenters. The largest absolute Gasteiger partial charge is 0.305 e. The first-order valence-corrected chi connectivity index (χ1v) is 9.04. The Morgan fingerprint density at radius 2 is 1.66 bits per heavy atom. The van der Waals surface area contributed by atoms with Crippen LogP contribution in [0.2, 0.25) is 0 Å². The van der Waals surface area contributed by atoms with E-state index in [1.54, 1.807) is 5.48 Å². The number of hydrogen-bond donors (Lipinski definition) is 2. The predicted octanol–water partition coefficient (Wildman–Crippen LogP) is 3.23. The summed E-state index contributed by atoms with van der Waals surface area (Å²) in [4.78, 5) is 32.0. The molecule has 7 heteroatoms. The van der Waals surface area contributed by atoms with Crippen molar-refractivity contribution >= 4 is 28.3 Å². The first kappa shape index (κ1) is 20.5. The summed E-state index contributed by atoms with van der Waals surface area (Å²) in [5, 5.41) is 12.1. The van der Waals surface area contributed by atoms with Gasteiger partial charge in [0.15, 0.2) is 0 Å². The second kappa shape index (κ2) is 8.83. The molecule has 0 aliphatic heterocycles. The van der Waals surface area contributed by atoms with E-state index in [0.29, 0.717) is 17.8 Å². The molecule has 0 fully saturated rings. The third-order valence-corrected chi connectivity index (χ3v) is 4.52. The van der Waals surface area contributed by atoms with Crippen molar-refractivity contribution in [1.29, 1.82) is 0 Å². The van der Waals surface area contributed by atoms with Gasteiger partial charge in [-0.25, -0.2) is 5.48 Å². The van der Waals surface area contributed by atoms with Gasteiger partial charge < -0.3 is 4.90 Å². The van der Waals surface area contributed by atoms with E-state index >= 15 is 0 Å². The van der Waals surface area contributed by atoms with Crippen molar-refractivity contribution in [2.24, 2.45) is 0 Å². The SMILES string of the molecule is CON(C(=O)c1ccc(C(=O)NO)cc1)c1cc(CN(C)C)c2ccccc2c1. The number of amides is 2. The van der Waals surface area contributed by atoms with Gasteiger partial charge >= 0.3 is 0 Å². The van der Waals surface area contributed by atoms with Crippen LogP contribution in [0.15, 0.2) is 60.7 Å². The number of benzene rings is 3. The fourth-order valence-corrected chi connectivity index (χ4v) is 3.21. The average Bonchev–Trinajstić information content (AvgIpc) is 2.73. The van der Waals surface area contributed by atoms with E-state index in [0.717, 1.165) is 16.3 Å². The molecule has 3 aromatic carbocycles. The number of carbonyl (C=O) groups excluding carboxylic acids is 2. The lowest BCUT2D eigenvalue weighted by atomic mass is 10.0. The molecule has 29 heavy (non-hydrogen) atoms. The van der Waals surface area contributed by atoms with E-state index in [1.807, 2.05) is 44.4 Å². The standard InChI is InChI=1S/C22H23N3O4/c1-24(2)14-18-13-19(12-17-6-4-5-7-20(17)18)25(29-3)22(27)16-10-8-15(9-11-16)21(26)23-28/h4-13,28H,14H2,1-3H3,(H,23,26). The molecule has 0 aliphatic rings. The van der Waals surface area contributed by atoms with Crippen molar-refractivity contribution in [3.05, 3.63) is 77.4 Å². The van der Waals surface area contributed by atoms with Gasteiger partial charge in [-0.3, -0.25) is 19.6 Å². The third kappa shape index (κ3) is 4.43. The maximum absolute atomic E-state index is 13.0. The van der Waals surface area contributed by atoms with Crippen LogP contribution in [0.5, 0.6) is 0 Å². The molecule has 3 aromatic rings. The van der Waals surface area contributed by atoms with Gasteiger partial charge in [0.1, 0.15) is 0 Å². The van der Waals surface area contributed by atoms with Crippen LogP contribution in [-0.4, -0.2) is 43.1 Å². The van der Waals surface area contributed by atoms with E-state index in [4.69, 9.17) is 10.0 Å². The molecule has 0 radical (unpaired) electrons. The van der Waals surface area contributed by atoms with Gasteiger partial charge in [0, 0.05) is 17.7 Å². The second-order valence-electron chi connectivity index (χ2n) is 6.86. The Morgan fingerprint density at radius 3 is 2.28 bits per heavy atom. The van der Waals surface area contributed by atoms with Gasteiger partial charge in [0.05, 0.1) is 12.8 Å². The molecule has 0 aliphatic carbocycles. The summed E-state index contributed by atoms with van der Waals surface area (Å²) < 4.78 is 0. The topological polar surface area (TPSA) is 82.1 Å². The van der Waals surface area contributed by atoms with Gasteiger partial charge in [-0.2, -0.15) is 5.06 Å². The number of hydroxylamine groups is 2. The number of nitrogens with one attached hydrogen (secondary N) is 1. The lowest BCUT2D eigenvalue weighted by Crippen LogP contribution is -2.30. The third-order valence-electron chi connectivity index (χ3n) is 4.52. The van der Waals surface area contributed by atoms with E-state index < -0.39 is 5.91 Å². The first-order chi connectivity index (χ1) is 13.9. The predicted molar refractivity (Wildman–Crippen MR) is 111 cm³/mol. The van der Waals surface area contributed by atoms with Crippen LogP contribution in [0.4, 0.5) is 5.69 Å². The Balaban J connectivity index is 1.99. The monoisotopic (exact) mass is 393 g/mol. The van der Waals surface area contributed by atoms with Crippen molar-refractivity contribution in [2.45, 2.75) is 6.54 Å². The molecule has 3 rings (SSSR count).